The minimum Gasteiger partial charge on any atom is -0.370 e. The van der Waals surface area contributed by atoms with Gasteiger partial charge in [-0.1, -0.05) is 11.8 Å². The van der Waals surface area contributed by atoms with Crippen molar-refractivity contribution in [3.63, 3.8) is 0 Å². The van der Waals surface area contributed by atoms with Crippen molar-refractivity contribution in [2.45, 2.75) is 24.4 Å². The molecule has 6 nitrogen and oxygen atoms in total. The topological polar surface area (TPSA) is 97.6 Å². The van der Waals surface area contributed by atoms with E-state index in [4.69, 9.17) is 11.0 Å². The fourth-order valence-corrected chi connectivity index (χ4v) is 1.88. The smallest absolute Gasteiger partial charge is 0.217 e. The van der Waals surface area contributed by atoms with Gasteiger partial charge in [-0.25, -0.2) is 0 Å². The summed E-state index contributed by atoms with van der Waals surface area (Å²) in [6, 6.07) is 2.06. The maximum Gasteiger partial charge on any atom is 0.217 e. The number of nitriles is 1. The standard InChI is InChI=1S/C9H13N5OS/c1-14-8(4-3-7(11)15)12-13-9(14)16-6-2-5-10/h2-4,6H2,1H3,(H2,11,15). The molecule has 0 aromatic carbocycles. The summed E-state index contributed by atoms with van der Waals surface area (Å²) < 4.78 is 1.82. The Hall–Kier alpha value is -1.55. The molecule has 0 aliphatic heterocycles. The fourth-order valence-electron chi connectivity index (χ4n) is 1.11. The molecular formula is C9H13N5OS. The Morgan fingerprint density at radius 1 is 1.62 bits per heavy atom. The molecule has 1 aromatic heterocycles. The van der Waals surface area contributed by atoms with Crippen LogP contribution < -0.4 is 5.73 Å². The van der Waals surface area contributed by atoms with E-state index in [9.17, 15) is 4.79 Å². The lowest BCUT2D eigenvalue weighted by molar-refractivity contribution is -0.118. The highest BCUT2D eigenvalue weighted by atomic mass is 32.2. The first kappa shape index (κ1) is 12.5. The fraction of sp³-hybridized carbons (Fsp3) is 0.556. The van der Waals surface area contributed by atoms with Crippen LogP contribution in [-0.4, -0.2) is 26.4 Å². The lowest BCUT2D eigenvalue weighted by atomic mass is 10.3. The van der Waals surface area contributed by atoms with Crippen LogP contribution in [0.2, 0.25) is 0 Å². The summed E-state index contributed by atoms with van der Waals surface area (Å²) in [6.07, 6.45) is 1.25. The number of hydrogen-bond donors (Lipinski definition) is 1. The first-order chi connectivity index (χ1) is 7.65. The third-order valence-electron chi connectivity index (χ3n) is 1.97. The zero-order valence-corrected chi connectivity index (χ0v) is 9.83. The van der Waals surface area contributed by atoms with Gasteiger partial charge in [0.15, 0.2) is 5.16 Å². The second kappa shape index (κ2) is 6.12. The van der Waals surface area contributed by atoms with Crippen molar-refractivity contribution in [2.75, 3.05) is 5.75 Å². The van der Waals surface area contributed by atoms with Gasteiger partial charge in [-0.15, -0.1) is 10.2 Å². The first-order valence-electron chi connectivity index (χ1n) is 4.81. The molecule has 2 N–H and O–H groups in total. The van der Waals surface area contributed by atoms with E-state index in [-0.39, 0.29) is 12.3 Å². The van der Waals surface area contributed by atoms with Crippen LogP contribution >= 0.6 is 11.8 Å². The van der Waals surface area contributed by atoms with E-state index < -0.39 is 0 Å². The van der Waals surface area contributed by atoms with Crippen molar-refractivity contribution in [3.05, 3.63) is 5.82 Å². The number of rotatable bonds is 6. The quantitative estimate of drug-likeness (QED) is 0.566. The van der Waals surface area contributed by atoms with Crippen LogP contribution in [0.3, 0.4) is 0 Å². The Morgan fingerprint density at radius 2 is 2.38 bits per heavy atom. The minimum absolute atomic E-state index is 0.273. The molecule has 0 atom stereocenters. The van der Waals surface area contributed by atoms with Gasteiger partial charge in [0, 0.05) is 32.1 Å². The van der Waals surface area contributed by atoms with Crippen molar-refractivity contribution in [2.24, 2.45) is 12.8 Å². The van der Waals surface area contributed by atoms with E-state index >= 15 is 0 Å². The zero-order valence-electron chi connectivity index (χ0n) is 9.01. The number of nitrogens with two attached hydrogens (primary N) is 1. The van der Waals surface area contributed by atoms with Gasteiger partial charge in [-0.2, -0.15) is 5.26 Å². The van der Waals surface area contributed by atoms with Gasteiger partial charge in [0.1, 0.15) is 5.82 Å². The summed E-state index contributed by atoms with van der Waals surface area (Å²) in [5, 5.41) is 17.1. The number of carbonyl (C=O) groups excluding carboxylic acids is 1. The average molecular weight is 239 g/mol. The molecule has 0 fully saturated rings. The lowest BCUT2D eigenvalue weighted by Gasteiger charge is -2.01. The SMILES string of the molecule is Cn1c(CCC(N)=O)nnc1SCCC#N. The Bertz CT molecular complexity index is 409. The molecule has 16 heavy (non-hydrogen) atoms. The molecule has 0 saturated carbocycles. The van der Waals surface area contributed by atoms with Crippen molar-refractivity contribution >= 4 is 17.7 Å². The molecule has 0 unspecified atom stereocenters. The van der Waals surface area contributed by atoms with Crippen LogP contribution in [0.1, 0.15) is 18.7 Å². The number of primary amides is 1. The normalized spacial score (nSPS) is 10.0. The van der Waals surface area contributed by atoms with E-state index in [1.54, 1.807) is 0 Å². The predicted molar refractivity (Wildman–Crippen MR) is 59.5 cm³/mol. The third-order valence-corrected chi connectivity index (χ3v) is 2.99. The lowest BCUT2D eigenvalue weighted by Crippen LogP contribution is -2.12. The van der Waals surface area contributed by atoms with Crippen LogP contribution in [0.25, 0.3) is 0 Å². The largest absolute Gasteiger partial charge is 0.370 e. The Labute approximate surface area is 97.8 Å². The molecule has 0 bridgehead atoms. The van der Waals surface area contributed by atoms with Crippen LogP contribution in [0, 0.1) is 11.3 Å². The van der Waals surface area contributed by atoms with Crippen LogP contribution in [-0.2, 0) is 18.3 Å². The zero-order chi connectivity index (χ0) is 12.0. The summed E-state index contributed by atoms with van der Waals surface area (Å²) in [7, 11) is 1.84. The summed E-state index contributed by atoms with van der Waals surface area (Å²) in [5.41, 5.74) is 5.06. The minimum atomic E-state index is -0.346. The van der Waals surface area contributed by atoms with Gasteiger partial charge in [0.05, 0.1) is 6.07 Å². The molecule has 0 aliphatic carbocycles. The molecule has 7 heteroatoms. The molecule has 1 heterocycles. The summed E-state index contributed by atoms with van der Waals surface area (Å²) >= 11 is 1.48. The monoisotopic (exact) mass is 239 g/mol. The van der Waals surface area contributed by atoms with Gasteiger partial charge >= 0.3 is 0 Å². The Morgan fingerprint density at radius 3 is 3.00 bits per heavy atom. The maximum absolute atomic E-state index is 10.6. The van der Waals surface area contributed by atoms with Crippen LogP contribution in [0.4, 0.5) is 0 Å². The van der Waals surface area contributed by atoms with Gasteiger partial charge in [-0.05, 0) is 0 Å². The second-order valence-corrected chi connectivity index (χ2v) is 4.24. The van der Waals surface area contributed by atoms with Crippen molar-refractivity contribution in [1.82, 2.24) is 14.8 Å². The molecule has 1 amide bonds. The first-order valence-corrected chi connectivity index (χ1v) is 5.80. The summed E-state index contributed by atoms with van der Waals surface area (Å²) in [4.78, 5) is 10.6. The number of amides is 1. The number of aromatic nitrogens is 3. The number of hydrogen-bond acceptors (Lipinski definition) is 5. The Kier molecular flexibility index (Phi) is 4.79. The number of carbonyl (C=O) groups is 1. The van der Waals surface area contributed by atoms with Crippen molar-refractivity contribution < 1.29 is 4.79 Å². The van der Waals surface area contributed by atoms with Gasteiger partial charge in [-0.3, -0.25) is 4.79 Å². The average Bonchev–Trinajstić information content (AvgIpc) is 2.58. The molecule has 0 spiro atoms. The molecule has 86 valence electrons. The van der Waals surface area contributed by atoms with Gasteiger partial charge in [0.25, 0.3) is 0 Å². The number of thioether (sulfide) groups is 1. The van der Waals surface area contributed by atoms with E-state index in [1.165, 1.54) is 11.8 Å². The predicted octanol–water partition coefficient (Wildman–Crippen LogP) is 0.239. The van der Waals surface area contributed by atoms with E-state index in [1.807, 2.05) is 11.6 Å². The molecule has 0 saturated heterocycles. The highest BCUT2D eigenvalue weighted by Crippen LogP contribution is 2.16. The summed E-state index contributed by atoms with van der Waals surface area (Å²) in [5.74, 6) is 1.08. The molecule has 1 rings (SSSR count). The number of nitrogens with zero attached hydrogens (tertiary/aromatic N) is 4. The van der Waals surface area contributed by atoms with E-state index in [0.29, 0.717) is 18.6 Å². The highest BCUT2D eigenvalue weighted by molar-refractivity contribution is 7.99. The molecule has 0 radical (unpaired) electrons. The van der Waals surface area contributed by atoms with Crippen LogP contribution in [0.15, 0.2) is 5.16 Å². The van der Waals surface area contributed by atoms with E-state index in [2.05, 4.69) is 16.3 Å². The maximum atomic E-state index is 10.6. The van der Waals surface area contributed by atoms with E-state index in [0.717, 1.165) is 11.0 Å². The van der Waals surface area contributed by atoms with Crippen LogP contribution in [0.5, 0.6) is 0 Å². The second-order valence-electron chi connectivity index (χ2n) is 3.18. The Balaban J connectivity index is 2.55. The molecular weight excluding hydrogens is 226 g/mol. The van der Waals surface area contributed by atoms with Gasteiger partial charge < -0.3 is 10.3 Å². The molecule has 0 aliphatic rings. The molecule has 1 aromatic rings. The number of aryl methyl sites for hydroxylation is 1. The highest BCUT2D eigenvalue weighted by Gasteiger charge is 2.09. The third kappa shape index (κ3) is 3.55. The van der Waals surface area contributed by atoms with Gasteiger partial charge in [0.2, 0.25) is 5.91 Å². The summed E-state index contributed by atoms with van der Waals surface area (Å²) in [6.45, 7) is 0. The van der Waals surface area contributed by atoms with Crippen molar-refractivity contribution in [1.29, 1.82) is 5.26 Å². The van der Waals surface area contributed by atoms with Crippen molar-refractivity contribution in [3.8, 4) is 6.07 Å².